The van der Waals surface area contributed by atoms with Gasteiger partial charge in [0.05, 0.1) is 6.20 Å². The van der Waals surface area contributed by atoms with Crippen molar-refractivity contribution in [3.63, 3.8) is 0 Å². The molecule has 7 bridgehead atoms. The van der Waals surface area contributed by atoms with E-state index in [1.807, 2.05) is 23.0 Å². The zero-order chi connectivity index (χ0) is 22.4. The van der Waals surface area contributed by atoms with E-state index in [9.17, 15) is 4.79 Å². The zero-order valence-corrected chi connectivity index (χ0v) is 18.4. The second-order valence-corrected chi connectivity index (χ2v) is 8.99. The van der Waals surface area contributed by atoms with Gasteiger partial charge in [0.25, 0.3) is 6.47 Å². The number of hydrogen-bond donors (Lipinski definition) is 1. The van der Waals surface area contributed by atoms with E-state index in [0.29, 0.717) is 19.6 Å². The maximum absolute atomic E-state index is 12.8. The van der Waals surface area contributed by atoms with Crippen LogP contribution in [0.2, 0.25) is 0 Å². The van der Waals surface area contributed by atoms with Gasteiger partial charge in [0.1, 0.15) is 18.1 Å². The van der Waals surface area contributed by atoms with Crippen LogP contribution in [-0.4, -0.2) is 68.5 Å². The van der Waals surface area contributed by atoms with Crippen molar-refractivity contribution in [3.8, 4) is 5.75 Å². The number of rotatable bonds is 0. The van der Waals surface area contributed by atoms with E-state index in [0.717, 1.165) is 57.0 Å². The monoisotopic (exact) mass is 441 g/mol. The van der Waals surface area contributed by atoms with Gasteiger partial charge < -0.3 is 14.7 Å². The standard InChI is InChI=1S/C22H29N5O2.CH2O2/c28-21-3-1-11-27-14-19(23-24-27)15-29-20-6-4-18(5-7-20)13-25-10-2-8-22(16-25)9-12-26(21)17-22;2-1-3/h4-7,14H,1-3,8-13,15-17H2;1H,(H,2,3). The van der Waals surface area contributed by atoms with Crippen molar-refractivity contribution in [3.05, 3.63) is 41.7 Å². The number of fused-ring (bicyclic) bond motifs is 6. The van der Waals surface area contributed by atoms with Crippen molar-refractivity contribution in [2.45, 2.75) is 51.8 Å². The molecule has 9 nitrogen and oxygen atoms in total. The zero-order valence-electron chi connectivity index (χ0n) is 18.4. The predicted octanol–water partition coefficient (Wildman–Crippen LogP) is 2.17. The lowest BCUT2D eigenvalue weighted by Gasteiger charge is -2.40. The van der Waals surface area contributed by atoms with Crippen LogP contribution in [0.15, 0.2) is 30.5 Å². The highest BCUT2D eigenvalue weighted by molar-refractivity contribution is 5.76. The number of carbonyl (C=O) groups is 2. The van der Waals surface area contributed by atoms with Crippen molar-refractivity contribution < 1.29 is 19.4 Å². The van der Waals surface area contributed by atoms with Crippen molar-refractivity contribution in [2.24, 2.45) is 5.41 Å². The predicted molar refractivity (Wildman–Crippen MR) is 117 cm³/mol. The van der Waals surface area contributed by atoms with Gasteiger partial charge in [0.2, 0.25) is 5.91 Å². The molecule has 4 aliphatic heterocycles. The lowest BCUT2D eigenvalue weighted by Crippen LogP contribution is -2.45. The van der Waals surface area contributed by atoms with Gasteiger partial charge >= 0.3 is 0 Å². The number of aryl methyl sites for hydroxylation is 1. The Morgan fingerprint density at radius 1 is 1.06 bits per heavy atom. The molecule has 0 aliphatic carbocycles. The molecule has 2 aromatic rings. The van der Waals surface area contributed by atoms with Crippen molar-refractivity contribution >= 4 is 12.4 Å². The van der Waals surface area contributed by atoms with Gasteiger partial charge in [-0.1, -0.05) is 17.3 Å². The molecule has 2 unspecified atom stereocenters. The highest BCUT2D eigenvalue weighted by Gasteiger charge is 2.42. The average molecular weight is 442 g/mol. The van der Waals surface area contributed by atoms with Crippen molar-refractivity contribution in [1.29, 1.82) is 0 Å². The third kappa shape index (κ3) is 5.45. The molecule has 2 atom stereocenters. The highest BCUT2D eigenvalue weighted by atomic mass is 16.5. The van der Waals surface area contributed by atoms with Crippen LogP contribution in [0.1, 0.15) is 43.4 Å². The minimum absolute atomic E-state index is 0.250. The average Bonchev–Trinajstić information content (AvgIpc) is 3.41. The molecular formula is C23H31N5O4. The molecule has 1 aromatic carbocycles. The molecule has 6 rings (SSSR count). The Kier molecular flexibility index (Phi) is 7.04. The normalized spacial score (nSPS) is 25.6. The van der Waals surface area contributed by atoms with Gasteiger partial charge in [-0.05, 0) is 49.9 Å². The van der Waals surface area contributed by atoms with Crippen molar-refractivity contribution in [1.82, 2.24) is 24.8 Å². The molecule has 1 aromatic heterocycles. The lowest BCUT2D eigenvalue weighted by molar-refractivity contribution is -0.131. The Hall–Kier alpha value is -2.94. The van der Waals surface area contributed by atoms with Crippen LogP contribution in [0.3, 0.4) is 0 Å². The molecule has 5 heterocycles. The van der Waals surface area contributed by atoms with Crippen LogP contribution >= 0.6 is 0 Å². The minimum atomic E-state index is -0.250. The number of piperidine rings is 1. The van der Waals surface area contributed by atoms with Gasteiger partial charge in [-0.15, -0.1) is 5.10 Å². The van der Waals surface area contributed by atoms with Crippen LogP contribution in [0.4, 0.5) is 0 Å². The van der Waals surface area contributed by atoms with E-state index in [-0.39, 0.29) is 17.8 Å². The summed E-state index contributed by atoms with van der Waals surface area (Å²) in [4.78, 5) is 25.8. The first-order valence-corrected chi connectivity index (χ1v) is 11.3. The van der Waals surface area contributed by atoms with Crippen LogP contribution in [0.25, 0.3) is 0 Å². The smallest absolute Gasteiger partial charge is 0.290 e. The fourth-order valence-corrected chi connectivity index (χ4v) is 5.10. The number of benzene rings is 1. The number of amides is 1. The molecular weight excluding hydrogens is 410 g/mol. The summed E-state index contributed by atoms with van der Waals surface area (Å²) < 4.78 is 7.68. The molecule has 1 spiro atoms. The molecule has 2 saturated heterocycles. The van der Waals surface area contributed by atoms with E-state index in [1.54, 1.807) is 0 Å². The maximum atomic E-state index is 12.8. The summed E-state index contributed by atoms with van der Waals surface area (Å²) in [5, 5.41) is 15.2. The molecule has 2 fully saturated rings. The lowest BCUT2D eigenvalue weighted by atomic mass is 9.79. The topological polar surface area (TPSA) is 101 Å². The second kappa shape index (κ2) is 10.1. The second-order valence-electron chi connectivity index (χ2n) is 8.99. The van der Waals surface area contributed by atoms with Crippen LogP contribution < -0.4 is 4.74 Å². The van der Waals surface area contributed by atoms with E-state index in [2.05, 4.69) is 32.2 Å². The SMILES string of the molecule is O=C1CCCn2cc(nn2)COc2ccc(cc2)CN2CCCC3(CCN1C3)C2.O=CO. The van der Waals surface area contributed by atoms with Crippen LogP contribution in [0.5, 0.6) is 5.75 Å². The summed E-state index contributed by atoms with van der Waals surface area (Å²) in [7, 11) is 0. The number of ether oxygens (including phenoxy) is 1. The molecule has 32 heavy (non-hydrogen) atoms. The van der Waals surface area contributed by atoms with Crippen LogP contribution in [0, 0.1) is 5.41 Å². The summed E-state index contributed by atoms with van der Waals surface area (Å²) in [6, 6.07) is 8.41. The third-order valence-corrected chi connectivity index (χ3v) is 6.61. The summed E-state index contributed by atoms with van der Waals surface area (Å²) in [5.41, 5.74) is 2.39. The molecule has 172 valence electrons. The summed E-state index contributed by atoms with van der Waals surface area (Å²) >= 11 is 0. The maximum Gasteiger partial charge on any atom is 0.290 e. The van der Waals surface area contributed by atoms with E-state index < -0.39 is 0 Å². The van der Waals surface area contributed by atoms with Crippen molar-refractivity contribution in [2.75, 3.05) is 26.2 Å². The fourth-order valence-electron chi connectivity index (χ4n) is 5.10. The largest absolute Gasteiger partial charge is 0.487 e. The minimum Gasteiger partial charge on any atom is -0.487 e. The first-order chi connectivity index (χ1) is 15.6. The molecule has 4 aliphatic rings. The number of carboxylic acid groups (broad SMARTS) is 1. The number of carbonyl (C=O) groups excluding carboxylic acids is 1. The fraction of sp³-hybridized carbons (Fsp3) is 0.565. The van der Waals surface area contributed by atoms with Gasteiger partial charge in [0, 0.05) is 44.6 Å². The van der Waals surface area contributed by atoms with Gasteiger partial charge in [-0.3, -0.25) is 19.2 Å². The Morgan fingerprint density at radius 3 is 2.69 bits per heavy atom. The first-order valence-electron chi connectivity index (χ1n) is 11.3. The van der Waals surface area contributed by atoms with E-state index in [1.165, 1.54) is 18.4 Å². The molecule has 0 saturated carbocycles. The molecule has 9 heteroatoms. The number of hydrogen-bond acceptors (Lipinski definition) is 6. The highest BCUT2D eigenvalue weighted by Crippen LogP contribution is 2.39. The molecule has 1 N–H and O–H groups in total. The van der Waals surface area contributed by atoms with Gasteiger partial charge in [-0.25, -0.2) is 0 Å². The van der Waals surface area contributed by atoms with Gasteiger partial charge in [-0.2, -0.15) is 0 Å². The Morgan fingerprint density at radius 2 is 1.88 bits per heavy atom. The van der Waals surface area contributed by atoms with E-state index >= 15 is 0 Å². The van der Waals surface area contributed by atoms with E-state index in [4.69, 9.17) is 14.6 Å². The number of aromatic nitrogens is 3. The molecule has 1 amide bonds. The number of nitrogens with zero attached hydrogens (tertiary/aromatic N) is 5. The third-order valence-electron chi connectivity index (χ3n) is 6.61. The van der Waals surface area contributed by atoms with Crippen LogP contribution in [-0.2, 0) is 29.3 Å². The first kappa shape index (κ1) is 22.3. The summed E-state index contributed by atoms with van der Waals surface area (Å²) in [6.45, 7) is 5.89. The Labute approximate surface area is 187 Å². The summed E-state index contributed by atoms with van der Waals surface area (Å²) in [6.07, 6.45) is 6.87. The van der Waals surface area contributed by atoms with Gasteiger partial charge in [0.15, 0.2) is 0 Å². The Bertz CT molecular complexity index is 915. The quantitative estimate of drug-likeness (QED) is 0.625. The summed E-state index contributed by atoms with van der Waals surface area (Å²) in [5.74, 6) is 1.14. The Balaban J connectivity index is 0.000000775. The molecule has 0 radical (unpaired) electrons.